The molecule has 0 aliphatic rings. The fraction of sp³-hybridized carbons (Fsp3) is 0.200. The minimum Gasteiger partial charge on any atom is -0.361 e. The minimum absolute atomic E-state index is 0.0459. The number of carbonyl (C=O) groups is 1. The number of para-hydroxylation sites is 1. The zero-order chi connectivity index (χ0) is 13.9. The third-order valence-corrected chi connectivity index (χ3v) is 4.11. The molecule has 0 unspecified atom stereocenters. The zero-order valence-corrected chi connectivity index (χ0v) is 12.0. The molecule has 1 amide bonds. The second-order valence-electron chi connectivity index (χ2n) is 4.61. The molecule has 3 aromatic rings. The number of rotatable bonds is 4. The third-order valence-electron chi connectivity index (χ3n) is 3.20. The van der Waals surface area contributed by atoms with Crippen LogP contribution < -0.4 is 5.32 Å². The summed E-state index contributed by atoms with van der Waals surface area (Å²) in [6, 6.07) is 8.18. The van der Waals surface area contributed by atoms with Gasteiger partial charge in [-0.2, -0.15) is 0 Å². The number of aromatic amines is 1. The number of hydrogen-bond donors (Lipinski definition) is 2. The van der Waals surface area contributed by atoms with Gasteiger partial charge in [0.1, 0.15) is 4.88 Å². The Kier molecular flexibility index (Phi) is 3.52. The predicted octanol–water partition coefficient (Wildman–Crippen LogP) is 2.91. The summed E-state index contributed by atoms with van der Waals surface area (Å²) in [5, 5.41) is 5.06. The van der Waals surface area contributed by atoms with Crippen molar-refractivity contribution in [3.8, 4) is 0 Å². The molecule has 20 heavy (non-hydrogen) atoms. The summed E-state index contributed by atoms with van der Waals surface area (Å²) in [7, 11) is 0. The van der Waals surface area contributed by atoms with Gasteiger partial charge in [0.2, 0.25) is 0 Å². The standard InChI is InChI=1S/C15H15N3OS/c1-10-17-9-14(20-10)15(19)16-7-6-11-8-18-13-5-3-2-4-12(11)13/h2-5,8-9,18H,6-7H2,1H3,(H,16,19). The van der Waals surface area contributed by atoms with E-state index in [-0.39, 0.29) is 5.91 Å². The Morgan fingerprint density at radius 3 is 3.05 bits per heavy atom. The number of nitrogens with one attached hydrogen (secondary N) is 2. The Bertz CT molecular complexity index is 744. The van der Waals surface area contributed by atoms with E-state index in [1.54, 1.807) is 6.20 Å². The first-order chi connectivity index (χ1) is 9.74. The van der Waals surface area contributed by atoms with Gasteiger partial charge in [-0.25, -0.2) is 4.98 Å². The monoisotopic (exact) mass is 285 g/mol. The highest BCUT2D eigenvalue weighted by atomic mass is 32.1. The van der Waals surface area contributed by atoms with E-state index in [1.165, 1.54) is 22.3 Å². The summed E-state index contributed by atoms with van der Waals surface area (Å²) < 4.78 is 0. The predicted molar refractivity (Wildman–Crippen MR) is 81.2 cm³/mol. The number of amides is 1. The van der Waals surface area contributed by atoms with E-state index < -0.39 is 0 Å². The van der Waals surface area contributed by atoms with Crippen LogP contribution in [0, 0.1) is 6.92 Å². The highest BCUT2D eigenvalue weighted by molar-refractivity contribution is 7.13. The second-order valence-corrected chi connectivity index (χ2v) is 5.84. The smallest absolute Gasteiger partial charge is 0.263 e. The number of hydrogen-bond acceptors (Lipinski definition) is 3. The normalized spacial score (nSPS) is 10.8. The maximum atomic E-state index is 11.9. The Labute approximate surface area is 120 Å². The molecular formula is C15H15N3OS. The second kappa shape index (κ2) is 5.46. The van der Waals surface area contributed by atoms with E-state index in [0.717, 1.165) is 16.9 Å². The van der Waals surface area contributed by atoms with Crippen molar-refractivity contribution in [1.82, 2.24) is 15.3 Å². The molecule has 0 saturated carbocycles. The first-order valence-electron chi connectivity index (χ1n) is 6.49. The van der Waals surface area contributed by atoms with Crippen LogP contribution in [0.1, 0.15) is 20.2 Å². The Morgan fingerprint density at radius 2 is 2.25 bits per heavy atom. The highest BCUT2D eigenvalue weighted by Crippen LogP contribution is 2.17. The van der Waals surface area contributed by atoms with Gasteiger partial charge in [-0.3, -0.25) is 4.79 Å². The van der Waals surface area contributed by atoms with E-state index in [2.05, 4.69) is 27.4 Å². The first kappa shape index (κ1) is 12.9. The summed E-state index contributed by atoms with van der Waals surface area (Å²) in [5.74, 6) is -0.0459. The van der Waals surface area contributed by atoms with Gasteiger partial charge in [0, 0.05) is 23.6 Å². The van der Waals surface area contributed by atoms with Gasteiger partial charge in [-0.05, 0) is 25.0 Å². The number of H-pyrrole nitrogens is 1. The SMILES string of the molecule is Cc1ncc(C(=O)NCCc2c[nH]c3ccccc23)s1. The minimum atomic E-state index is -0.0459. The molecule has 0 aliphatic heterocycles. The maximum absolute atomic E-state index is 11.9. The quantitative estimate of drug-likeness (QED) is 0.774. The Morgan fingerprint density at radius 1 is 1.40 bits per heavy atom. The molecule has 0 saturated heterocycles. The van der Waals surface area contributed by atoms with Crippen LogP contribution in [0.3, 0.4) is 0 Å². The van der Waals surface area contributed by atoms with Crippen molar-refractivity contribution < 1.29 is 4.79 Å². The number of nitrogens with zero attached hydrogens (tertiary/aromatic N) is 1. The van der Waals surface area contributed by atoms with Crippen LogP contribution in [0.15, 0.2) is 36.7 Å². The van der Waals surface area contributed by atoms with Crippen LogP contribution in [-0.2, 0) is 6.42 Å². The lowest BCUT2D eigenvalue weighted by Gasteiger charge is -2.02. The number of aryl methyl sites for hydroxylation is 1. The van der Waals surface area contributed by atoms with E-state index >= 15 is 0 Å². The zero-order valence-electron chi connectivity index (χ0n) is 11.1. The molecule has 0 atom stereocenters. The van der Waals surface area contributed by atoms with Crippen molar-refractivity contribution >= 4 is 28.1 Å². The van der Waals surface area contributed by atoms with Crippen molar-refractivity contribution in [2.75, 3.05) is 6.54 Å². The van der Waals surface area contributed by atoms with Crippen LogP contribution in [0.2, 0.25) is 0 Å². The summed E-state index contributed by atoms with van der Waals surface area (Å²) in [6.07, 6.45) is 4.45. The summed E-state index contributed by atoms with van der Waals surface area (Å²) in [6.45, 7) is 2.52. The Balaban J connectivity index is 1.61. The number of benzene rings is 1. The van der Waals surface area contributed by atoms with Crippen LogP contribution in [-0.4, -0.2) is 22.4 Å². The van der Waals surface area contributed by atoms with E-state index in [9.17, 15) is 4.79 Å². The van der Waals surface area contributed by atoms with Gasteiger partial charge in [0.25, 0.3) is 5.91 Å². The number of carbonyl (C=O) groups excluding carboxylic acids is 1. The molecule has 1 aromatic carbocycles. The molecular weight excluding hydrogens is 270 g/mol. The Hall–Kier alpha value is -2.14. The van der Waals surface area contributed by atoms with Crippen molar-refractivity contribution in [3.05, 3.63) is 52.1 Å². The molecule has 102 valence electrons. The van der Waals surface area contributed by atoms with Gasteiger partial charge < -0.3 is 10.3 Å². The number of aromatic nitrogens is 2. The van der Waals surface area contributed by atoms with Crippen molar-refractivity contribution in [3.63, 3.8) is 0 Å². The van der Waals surface area contributed by atoms with Gasteiger partial charge >= 0.3 is 0 Å². The van der Waals surface area contributed by atoms with Gasteiger partial charge in [-0.1, -0.05) is 18.2 Å². The van der Waals surface area contributed by atoms with Crippen LogP contribution >= 0.6 is 11.3 Å². The molecule has 2 heterocycles. The number of fused-ring (bicyclic) bond motifs is 1. The average Bonchev–Trinajstić information content (AvgIpc) is 3.06. The fourth-order valence-electron chi connectivity index (χ4n) is 2.20. The summed E-state index contributed by atoms with van der Waals surface area (Å²) in [4.78, 5) is 19.9. The molecule has 2 N–H and O–H groups in total. The fourth-order valence-corrected chi connectivity index (χ4v) is 2.90. The van der Waals surface area contributed by atoms with Gasteiger partial charge in [0.05, 0.1) is 11.2 Å². The molecule has 2 aromatic heterocycles. The number of thiazole rings is 1. The summed E-state index contributed by atoms with van der Waals surface area (Å²) >= 11 is 1.42. The van der Waals surface area contributed by atoms with Crippen molar-refractivity contribution in [2.24, 2.45) is 0 Å². The molecule has 0 radical (unpaired) electrons. The lowest BCUT2D eigenvalue weighted by atomic mass is 10.1. The lowest BCUT2D eigenvalue weighted by molar-refractivity contribution is 0.0958. The summed E-state index contributed by atoms with van der Waals surface area (Å²) in [5.41, 5.74) is 2.35. The van der Waals surface area contributed by atoms with E-state index in [1.807, 2.05) is 25.3 Å². The van der Waals surface area contributed by atoms with Crippen molar-refractivity contribution in [1.29, 1.82) is 0 Å². The molecule has 0 aliphatic carbocycles. The van der Waals surface area contributed by atoms with E-state index in [4.69, 9.17) is 0 Å². The molecule has 3 rings (SSSR count). The molecule has 5 heteroatoms. The maximum Gasteiger partial charge on any atom is 0.263 e. The molecule has 0 fully saturated rings. The first-order valence-corrected chi connectivity index (χ1v) is 7.31. The third kappa shape index (κ3) is 2.58. The van der Waals surface area contributed by atoms with Crippen LogP contribution in [0.25, 0.3) is 10.9 Å². The highest BCUT2D eigenvalue weighted by Gasteiger charge is 2.09. The molecule has 4 nitrogen and oxygen atoms in total. The van der Waals surface area contributed by atoms with E-state index in [0.29, 0.717) is 11.4 Å². The molecule has 0 spiro atoms. The average molecular weight is 285 g/mol. The largest absolute Gasteiger partial charge is 0.361 e. The van der Waals surface area contributed by atoms with Crippen molar-refractivity contribution in [2.45, 2.75) is 13.3 Å². The topological polar surface area (TPSA) is 57.8 Å². The lowest BCUT2D eigenvalue weighted by Crippen LogP contribution is -2.24. The molecule has 0 bridgehead atoms. The van der Waals surface area contributed by atoms with Gasteiger partial charge in [-0.15, -0.1) is 11.3 Å². The van der Waals surface area contributed by atoms with Crippen LogP contribution in [0.5, 0.6) is 0 Å². The van der Waals surface area contributed by atoms with Gasteiger partial charge in [0.15, 0.2) is 0 Å². The van der Waals surface area contributed by atoms with Crippen LogP contribution in [0.4, 0.5) is 0 Å².